The SMILES string of the molecule is COc1cc(CNc2ccc(F)c(Cl)c2)cc(I)c1O. The minimum atomic E-state index is -0.446. The van der Waals surface area contributed by atoms with Crippen LogP contribution in [0.1, 0.15) is 5.56 Å². The Bertz CT molecular complexity index is 637. The van der Waals surface area contributed by atoms with Crippen LogP contribution in [-0.2, 0) is 6.54 Å². The number of hydrogen-bond acceptors (Lipinski definition) is 3. The molecule has 2 aromatic rings. The van der Waals surface area contributed by atoms with Crippen LogP contribution in [0.15, 0.2) is 30.3 Å². The molecule has 0 aromatic heterocycles. The van der Waals surface area contributed by atoms with E-state index < -0.39 is 5.82 Å². The highest BCUT2D eigenvalue weighted by Crippen LogP contribution is 2.32. The summed E-state index contributed by atoms with van der Waals surface area (Å²) < 4.78 is 18.9. The number of nitrogens with one attached hydrogen (secondary N) is 1. The van der Waals surface area contributed by atoms with Gasteiger partial charge in [-0.05, 0) is 58.5 Å². The predicted molar refractivity (Wildman–Crippen MR) is 86.1 cm³/mol. The quantitative estimate of drug-likeness (QED) is 0.738. The normalized spacial score (nSPS) is 10.4. The summed E-state index contributed by atoms with van der Waals surface area (Å²) in [5.41, 5.74) is 1.66. The van der Waals surface area contributed by atoms with Crippen molar-refractivity contribution in [2.24, 2.45) is 0 Å². The van der Waals surface area contributed by atoms with E-state index in [0.29, 0.717) is 15.9 Å². The van der Waals surface area contributed by atoms with E-state index in [1.54, 1.807) is 12.1 Å². The Balaban J connectivity index is 2.14. The summed E-state index contributed by atoms with van der Waals surface area (Å²) in [5, 5.41) is 13.0. The van der Waals surface area contributed by atoms with Crippen molar-refractivity contribution in [1.29, 1.82) is 0 Å². The standard InChI is InChI=1S/C14H12ClFINO2/c1-20-13-5-8(4-12(17)14(13)19)7-18-9-2-3-11(16)10(15)6-9/h2-6,18-19H,7H2,1H3. The Hall–Kier alpha value is -1.21. The lowest BCUT2D eigenvalue weighted by Gasteiger charge is -2.11. The molecule has 0 radical (unpaired) electrons. The molecule has 0 saturated carbocycles. The molecule has 2 N–H and O–H groups in total. The van der Waals surface area contributed by atoms with Gasteiger partial charge in [-0.1, -0.05) is 11.6 Å². The molecule has 0 saturated heterocycles. The largest absolute Gasteiger partial charge is 0.504 e. The summed E-state index contributed by atoms with van der Waals surface area (Å²) in [6.07, 6.45) is 0. The van der Waals surface area contributed by atoms with E-state index >= 15 is 0 Å². The third-order valence-corrected chi connectivity index (χ3v) is 3.84. The number of benzene rings is 2. The molecule has 0 atom stereocenters. The first-order valence-corrected chi connectivity index (χ1v) is 7.21. The van der Waals surface area contributed by atoms with E-state index in [9.17, 15) is 9.50 Å². The van der Waals surface area contributed by atoms with Gasteiger partial charge in [0.05, 0.1) is 15.7 Å². The van der Waals surface area contributed by atoms with E-state index in [4.69, 9.17) is 16.3 Å². The van der Waals surface area contributed by atoms with Gasteiger partial charge in [-0.3, -0.25) is 0 Å². The second-order valence-corrected chi connectivity index (χ2v) is 5.68. The van der Waals surface area contributed by atoms with Crippen LogP contribution in [0.3, 0.4) is 0 Å². The molecule has 0 aliphatic carbocycles. The number of hydrogen-bond donors (Lipinski definition) is 2. The molecular weight excluding hydrogens is 396 g/mol. The first-order valence-electron chi connectivity index (χ1n) is 5.75. The Kier molecular flexibility index (Phi) is 4.93. The van der Waals surface area contributed by atoms with Crippen LogP contribution in [0.4, 0.5) is 10.1 Å². The Labute approximate surface area is 134 Å². The van der Waals surface area contributed by atoms with Gasteiger partial charge in [0.25, 0.3) is 0 Å². The average molecular weight is 408 g/mol. The van der Waals surface area contributed by atoms with E-state index in [2.05, 4.69) is 5.32 Å². The van der Waals surface area contributed by atoms with Gasteiger partial charge in [-0.25, -0.2) is 4.39 Å². The highest BCUT2D eigenvalue weighted by Gasteiger charge is 2.08. The highest BCUT2D eigenvalue weighted by atomic mass is 127. The third-order valence-electron chi connectivity index (χ3n) is 2.72. The van der Waals surface area contributed by atoms with Crippen molar-refractivity contribution in [3.63, 3.8) is 0 Å². The first kappa shape index (κ1) is 15.2. The number of rotatable bonds is 4. The zero-order valence-corrected chi connectivity index (χ0v) is 13.5. The van der Waals surface area contributed by atoms with Crippen LogP contribution in [0.5, 0.6) is 11.5 Å². The molecule has 0 aliphatic heterocycles. The lowest BCUT2D eigenvalue weighted by Crippen LogP contribution is -2.01. The summed E-state index contributed by atoms with van der Waals surface area (Å²) in [6.45, 7) is 0.509. The molecule has 3 nitrogen and oxygen atoms in total. The molecule has 2 rings (SSSR count). The highest BCUT2D eigenvalue weighted by molar-refractivity contribution is 14.1. The fourth-order valence-corrected chi connectivity index (χ4v) is 2.54. The number of halogens is 3. The van der Waals surface area contributed by atoms with Crippen molar-refractivity contribution >= 4 is 39.9 Å². The molecule has 0 heterocycles. The second-order valence-electron chi connectivity index (χ2n) is 4.11. The van der Waals surface area contributed by atoms with E-state index in [1.165, 1.54) is 19.2 Å². The molecule has 0 amide bonds. The van der Waals surface area contributed by atoms with Crippen LogP contribution in [0.25, 0.3) is 0 Å². The molecular formula is C14H12ClFINO2. The number of anilines is 1. The molecule has 20 heavy (non-hydrogen) atoms. The van der Waals surface area contributed by atoms with Gasteiger partial charge in [-0.2, -0.15) is 0 Å². The molecule has 0 aliphatic rings. The smallest absolute Gasteiger partial charge is 0.171 e. The number of phenolic OH excluding ortho intramolecular Hbond substituents is 1. The van der Waals surface area contributed by atoms with Gasteiger partial charge in [0.1, 0.15) is 5.82 Å². The fraction of sp³-hybridized carbons (Fsp3) is 0.143. The monoisotopic (exact) mass is 407 g/mol. The lowest BCUT2D eigenvalue weighted by atomic mass is 10.2. The van der Waals surface area contributed by atoms with Gasteiger partial charge < -0.3 is 15.2 Å². The Morgan fingerprint density at radius 1 is 1.35 bits per heavy atom. The molecule has 2 aromatic carbocycles. The zero-order chi connectivity index (χ0) is 14.7. The Morgan fingerprint density at radius 2 is 2.10 bits per heavy atom. The van der Waals surface area contributed by atoms with Gasteiger partial charge in [-0.15, -0.1) is 0 Å². The van der Waals surface area contributed by atoms with E-state index in [0.717, 1.165) is 11.3 Å². The van der Waals surface area contributed by atoms with Crippen LogP contribution >= 0.6 is 34.2 Å². The maximum Gasteiger partial charge on any atom is 0.171 e. The number of aromatic hydroxyl groups is 1. The second kappa shape index (κ2) is 6.49. The summed E-state index contributed by atoms with van der Waals surface area (Å²) in [6, 6.07) is 8.04. The van der Waals surface area contributed by atoms with Gasteiger partial charge in [0, 0.05) is 12.2 Å². The number of ether oxygens (including phenoxy) is 1. The van der Waals surface area contributed by atoms with Crippen molar-refractivity contribution in [3.05, 3.63) is 50.3 Å². The maximum absolute atomic E-state index is 13.1. The summed E-state index contributed by atoms with van der Waals surface area (Å²) in [7, 11) is 1.50. The summed E-state index contributed by atoms with van der Waals surface area (Å²) in [4.78, 5) is 0. The van der Waals surface area contributed by atoms with E-state index in [-0.39, 0.29) is 10.8 Å². The Morgan fingerprint density at radius 3 is 2.75 bits per heavy atom. The number of methoxy groups -OCH3 is 1. The predicted octanol–water partition coefficient (Wildman–Crippen LogP) is 4.41. The van der Waals surface area contributed by atoms with Crippen LogP contribution in [0, 0.1) is 9.39 Å². The van der Waals surface area contributed by atoms with Gasteiger partial charge in [0.15, 0.2) is 11.5 Å². The molecule has 0 fully saturated rings. The van der Waals surface area contributed by atoms with Crippen LogP contribution in [0.2, 0.25) is 5.02 Å². The average Bonchev–Trinajstić information content (AvgIpc) is 2.43. The third kappa shape index (κ3) is 3.46. The first-order chi connectivity index (χ1) is 9.51. The minimum Gasteiger partial charge on any atom is -0.504 e. The summed E-state index contributed by atoms with van der Waals surface area (Å²) in [5.74, 6) is 0.102. The van der Waals surface area contributed by atoms with Crippen molar-refractivity contribution in [3.8, 4) is 11.5 Å². The summed E-state index contributed by atoms with van der Waals surface area (Å²) >= 11 is 7.75. The van der Waals surface area contributed by atoms with Crippen molar-refractivity contribution in [1.82, 2.24) is 0 Å². The molecule has 6 heteroatoms. The molecule has 106 valence electrons. The van der Waals surface area contributed by atoms with Crippen LogP contribution < -0.4 is 10.1 Å². The fourth-order valence-electron chi connectivity index (χ4n) is 1.70. The number of phenols is 1. The molecule has 0 unspecified atom stereocenters. The van der Waals surface area contributed by atoms with Crippen molar-refractivity contribution in [2.75, 3.05) is 12.4 Å². The zero-order valence-electron chi connectivity index (χ0n) is 10.6. The van der Waals surface area contributed by atoms with E-state index in [1.807, 2.05) is 28.7 Å². The topological polar surface area (TPSA) is 41.5 Å². The lowest BCUT2D eigenvalue weighted by molar-refractivity contribution is 0.371. The van der Waals surface area contributed by atoms with Crippen molar-refractivity contribution in [2.45, 2.75) is 6.54 Å². The van der Waals surface area contributed by atoms with Gasteiger partial charge in [0.2, 0.25) is 0 Å². The maximum atomic E-state index is 13.1. The van der Waals surface area contributed by atoms with Crippen molar-refractivity contribution < 1.29 is 14.2 Å². The van der Waals surface area contributed by atoms with Crippen LogP contribution in [-0.4, -0.2) is 12.2 Å². The molecule has 0 spiro atoms. The minimum absolute atomic E-state index is 0.0767. The molecule has 0 bridgehead atoms. The van der Waals surface area contributed by atoms with Gasteiger partial charge >= 0.3 is 0 Å².